The first-order valence-electron chi connectivity index (χ1n) is 16.3. The lowest BCUT2D eigenvalue weighted by atomic mass is 10.1. The van der Waals surface area contributed by atoms with Gasteiger partial charge in [-0.3, -0.25) is 48.4 Å². The molecule has 18 nitrogen and oxygen atoms in total. The van der Waals surface area contributed by atoms with Gasteiger partial charge < -0.3 is 42.0 Å². The van der Waals surface area contributed by atoms with Crippen LogP contribution in [0.4, 0.5) is 11.4 Å². The zero-order valence-corrected chi connectivity index (χ0v) is 27.7. The fourth-order valence-corrected chi connectivity index (χ4v) is 5.21. The van der Waals surface area contributed by atoms with Crippen molar-refractivity contribution in [1.82, 2.24) is 30.2 Å². The van der Waals surface area contributed by atoms with Crippen LogP contribution in [0.25, 0.3) is 0 Å². The van der Waals surface area contributed by atoms with Crippen molar-refractivity contribution in [2.45, 2.75) is 32.2 Å². The van der Waals surface area contributed by atoms with Gasteiger partial charge in [-0.15, -0.1) is 0 Å². The molecule has 1 unspecified atom stereocenters. The summed E-state index contributed by atoms with van der Waals surface area (Å²) in [4.78, 5) is 90.9. The van der Waals surface area contributed by atoms with Gasteiger partial charge >= 0.3 is 11.9 Å². The average molecular weight is 682 g/mol. The van der Waals surface area contributed by atoms with Gasteiger partial charge in [0.05, 0.1) is 26.2 Å². The Morgan fingerprint density at radius 3 is 1.69 bits per heavy atom. The molecule has 0 saturated carbocycles. The lowest BCUT2D eigenvalue weighted by molar-refractivity contribution is -0.140. The van der Waals surface area contributed by atoms with Gasteiger partial charge in [0.1, 0.15) is 23.7 Å². The number of rotatable bonds is 20. The number of carboxylic acid groups (broad SMARTS) is 2. The summed E-state index contributed by atoms with van der Waals surface area (Å²) in [5.41, 5.74) is 5.03. The van der Waals surface area contributed by atoms with E-state index in [1.807, 2.05) is 4.90 Å². The first-order chi connectivity index (χ1) is 23.0. The number of amides is 2. The first-order valence-corrected chi connectivity index (χ1v) is 16.3. The van der Waals surface area contributed by atoms with E-state index in [9.17, 15) is 43.8 Å². The number of carbonyl (C=O) groups is 5. The van der Waals surface area contributed by atoms with E-state index in [2.05, 4.69) is 28.2 Å². The molecule has 270 valence electrons. The Morgan fingerprint density at radius 2 is 1.23 bits per heavy atom. The summed E-state index contributed by atoms with van der Waals surface area (Å²) in [6.45, 7) is 4.90. The number of carbonyl (C=O) groups excluding carboxylic acids is 3. The monoisotopic (exact) mass is 681 g/mol. The van der Waals surface area contributed by atoms with Crippen molar-refractivity contribution in [2.75, 3.05) is 115 Å². The Morgan fingerprint density at radius 1 is 0.750 bits per heavy atom. The van der Waals surface area contributed by atoms with Crippen LogP contribution in [0.2, 0.25) is 0 Å². The van der Waals surface area contributed by atoms with Crippen LogP contribution in [-0.2, 0) is 24.0 Å². The Labute approximate surface area is 279 Å². The van der Waals surface area contributed by atoms with E-state index < -0.39 is 40.7 Å². The minimum atomic E-state index is -1.04. The van der Waals surface area contributed by atoms with Gasteiger partial charge in [-0.1, -0.05) is 19.8 Å². The van der Waals surface area contributed by atoms with E-state index >= 15 is 0 Å². The summed E-state index contributed by atoms with van der Waals surface area (Å²) in [6.07, 6.45) is 3.64. The predicted octanol–water partition coefficient (Wildman–Crippen LogP) is -3.55. The minimum absolute atomic E-state index is 0.0985. The number of nitrogens with two attached hydrogens (primary N) is 1. The molecule has 0 aliphatic carbocycles. The van der Waals surface area contributed by atoms with Gasteiger partial charge in [0.2, 0.25) is 11.8 Å². The SMILES string of the molecule is CCCCCNc1c(NCCNC(=O)C(CN)NC(=O)CN2CCN(CC=O)CCN(CC(=O)O)CCN(CC(=O)O)CC2)c(=O)c1=O. The molecule has 0 radical (unpaired) electrons. The summed E-state index contributed by atoms with van der Waals surface area (Å²) in [7, 11) is 0. The van der Waals surface area contributed by atoms with E-state index in [-0.39, 0.29) is 70.3 Å². The Kier molecular flexibility index (Phi) is 18.3. The van der Waals surface area contributed by atoms with Crippen LogP contribution < -0.4 is 37.9 Å². The molecule has 1 aromatic carbocycles. The first kappa shape index (κ1) is 40.2. The van der Waals surface area contributed by atoms with Crippen LogP contribution in [0.15, 0.2) is 9.59 Å². The summed E-state index contributed by atoms with van der Waals surface area (Å²) < 4.78 is 0. The third kappa shape index (κ3) is 14.4. The number of aldehydes is 1. The molecule has 1 saturated heterocycles. The zero-order valence-electron chi connectivity index (χ0n) is 27.7. The van der Waals surface area contributed by atoms with Crippen LogP contribution in [-0.4, -0.2) is 171 Å². The number of hydrogen-bond donors (Lipinski definition) is 7. The minimum Gasteiger partial charge on any atom is -0.480 e. The molecule has 0 bridgehead atoms. The molecule has 1 aromatic rings. The van der Waals surface area contributed by atoms with Crippen molar-refractivity contribution >= 4 is 41.4 Å². The molecule has 1 aliphatic heterocycles. The van der Waals surface area contributed by atoms with Gasteiger partial charge in [0.15, 0.2) is 0 Å². The lowest BCUT2D eigenvalue weighted by Gasteiger charge is -2.33. The second-order valence-electron chi connectivity index (χ2n) is 11.7. The van der Waals surface area contributed by atoms with Crippen LogP contribution in [0, 0.1) is 0 Å². The molecule has 48 heavy (non-hydrogen) atoms. The number of hydrogen-bond acceptors (Lipinski definition) is 14. The fourth-order valence-electron chi connectivity index (χ4n) is 5.21. The molecule has 2 rings (SSSR count). The van der Waals surface area contributed by atoms with Gasteiger partial charge in [-0.25, -0.2) is 0 Å². The topological polar surface area (TPSA) is 247 Å². The third-order valence-corrected chi connectivity index (χ3v) is 7.95. The predicted molar refractivity (Wildman–Crippen MR) is 179 cm³/mol. The van der Waals surface area contributed by atoms with Crippen LogP contribution >= 0.6 is 0 Å². The van der Waals surface area contributed by atoms with Crippen molar-refractivity contribution in [3.05, 3.63) is 20.4 Å². The number of nitrogens with one attached hydrogen (secondary N) is 4. The van der Waals surface area contributed by atoms with Crippen molar-refractivity contribution in [3.63, 3.8) is 0 Å². The smallest absolute Gasteiger partial charge is 0.317 e. The normalized spacial score (nSPS) is 16.7. The van der Waals surface area contributed by atoms with E-state index in [0.717, 1.165) is 25.5 Å². The van der Waals surface area contributed by atoms with Gasteiger partial charge in [0, 0.05) is 78.5 Å². The number of nitrogens with zero attached hydrogens (tertiary/aromatic N) is 4. The highest BCUT2D eigenvalue weighted by Gasteiger charge is 2.24. The van der Waals surface area contributed by atoms with Gasteiger partial charge in [-0.2, -0.15) is 0 Å². The standard InChI is InChI=1S/C30H51N9O9/c1-2-3-4-5-32-26-27(29(47)28(26)46)33-6-7-34-30(48)22(18-31)35-23(41)19-37-10-8-36(16-17-40)9-11-38(20-24(42)43)14-15-39(13-12-37)21-25(44)45/h17,22,32-33H,2-16,18-21,31H2,1H3,(H,34,48)(H,35,41)(H,42,43)(H,44,45). The molecular formula is C30H51N9O9. The van der Waals surface area contributed by atoms with Crippen molar-refractivity contribution in [2.24, 2.45) is 5.73 Å². The van der Waals surface area contributed by atoms with Crippen molar-refractivity contribution in [1.29, 1.82) is 0 Å². The Hall–Kier alpha value is -3.97. The quantitative estimate of drug-likeness (QED) is 0.0400. The second kappa shape index (κ2) is 21.8. The maximum atomic E-state index is 13.0. The number of carboxylic acids is 2. The fraction of sp³-hybridized carbons (Fsp3) is 0.700. The third-order valence-electron chi connectivity index (χ3n) is 7.95. The lowest BCUT2D eigenvalue weighted by Crippen LogP contribution is -2.54. The average Bonchev–Trinajstić information content (AvgIpc) is 3.04. The molecule has 8 N–H and O–H groups in total. The second-order valence-corrected chi connectivity index (χ2v) is 11.7. The number of unbranched alkanes of at least 4 members (excludes halogenated alkanes) is 2. The maximum Gasteiger partial charge on any atom is 0.317 e. The molecule has 0 spiro atoms. The molecule has 0 aromatic heterocycles. The molecular weight excluding hydrogens is 630 g/mol. The van der Waals surface area contributed by atoms with E-state index in [1.165, 1.54) is 0 Å². The van der Waals surface area contributed by atoms with E-state index in [0.29, 0.717) is 45.8 Å². The molecule has 1 atom stereocenters. The van der Waals surface area contributed by atoms with Gasteiger partial charge in [-0.05, 0) is 6.42 Å². The van der Waals surface area contributed by atoms with Crippen LogP contribution in [0.1, 0.15) is 26.2 Å². The summed E-state index contributed by atoms with van der Waals surface area (Å²) in [5, 5.41) is 29.8. The number of aliphatic carboxylic acids is 2. The number of anilines is 2. The summed E-state index contributed by atoms with van der Waals surface area (Å²) >= 11 is 0. The summed E-state index contributed by atoms with van der Waals surface area (Å²) in [5.74, 6) is -3.05. The largest absolute Gasteiger partial charge is 0.480 e. The van der Waals surface area contributed by atoms with Crippen LogP contribution in [0.3, 0.4) is 0 Å². The molecule has 1 aliphatic rings. The highest BCUT2D eigenvalue weighted by molar-refractivity contribution is 5.88. The maximum absolute atomic E-state index is 13.0. The van der Waals surface area contributed by atoms with Gasteiger partial charge in [0.25, 0.3) is 10.9 Å². The zero-order chi connectivity index (χ0) is 35.5. The van der Waals surface area contributed by atoms with Crippen LogP contribution in [0.5, 0.6) is 0 Å². The highest BCUT2D eigenvalue weighted by atomic mass is 16.4. The molecule has 1 fully saturated rings. The van der Waals surface area contributed by atoms with E-state index in [1.54, 1.807) is 14.7 Å². The van der Waals surface area contributed by atoms with Crippen molar-refractivity contribution in [3.8, 4) is 0 Å². The molecule has 1 heterocycles. The highest BCUT2D eigenvalue weighted by Crippen LogP contribution is 2.14. The van der Waals surface area contributed by atoms with Crippen molar-refractivity contribution < 1.29 is 34.2 Å². The molecule has 2 amide bonds. The summed E-state index contributed by atoms with van der Waals surface area (Å²) in [6, 6.07) is -1.04. The Balaban J connectivity index is 1.94. The van der Waals surface area contributed by atoms with E-state index in [4.69, 9.17) is 5.73 Å². The Bertz CT molecular complexity index is 1270. The molecule has 18 heteroatoms.